The van der Waals surface area contributed by atoms with Gasteiger partial charge in [0.1, 0.15) is 5.82 Å². The maximum Gasteiger partial charge on any atom is 0.149 e. The van der Waals surface area contributed by atoms with Crippen LogP contribution in [0.1, 0.15) is 26.3 Å². The van der Waals surface area contributed by atoms with Crippen LogP contribution in [0.25, 0.3) is 0 Å². The van der Waals surface area contributed by atoms with Gasteiger partial charge in [-0.2, -0.15) is 0 Å². The van der Waals surface area contributed by atoms with Gasteiger partial charge in [-0.05, 0) is 17.0 Å². The summed E-state index contributed by atoms with van der Waals surface area (Å²) in [5, 5.41) is 6.62. The number of hydrogen-bond donors (Lipinski definition) is 2. The monoisotopic (exact) mass is 191 g/mol. The van der Waals surface area contributed by atoms with Crippen LogP contribution in [0.2, 0.25) is 0 Å². The van der Waals surface area contributed by atoms with Crippen LogP contribution < -0.4 is 10.6 Å². The molecule has 14 heavy (non-hydrogen) atoms. The van der Waals surface area contributed by atoms with Crippen LogP contribution in [0.5, 0.6) is 0 Å². The number of nitrogens with one attached hydrogen (secondary N) is 2. The van der Waals surface area contributed by atoms with Gasteiger partial charge in [-0.3, -0.25) is 0 Å². The molecule has 0 aliphatic carbocycles. The lowest BCUT2D eigenvalue weighted by molar-refractivity contribution is 0.587. The highest BCUT2D eigenvalue weighted by molar-refractivity contribution is 5.67. The summed E-state index contributed by atoms with van der Waals surface area (Å²) in [5.41, 5.74) is 2.57. The molecule has 3 heteroatoms. The Labute approximate surface area is 84.9 Å². The first-order valence-corrected chi connectivity index (χ1v) is 5.05. The van der Waals surface area contributed by atoms with Crippen molar-refractivity contribution in [2.75, 3.05) is 23.7 Å². The lowest BCUT2D eigenvalue weighted by Gasteiger charge is -2.23. The number of rotatable bonds is 0. The second-order valence-corrected chi connectivity index (χ2v) is 4.72. The van der Waals surface area contributed by atoms with Gasteiger partial charge in [0.2, 0.25) is 0 Å². The molecule has 1 aliphatic heterocycles. The SMILES string of the molecule is CC(C)(C)c1cnc2c(c1)NCCN2. The number of pyridine rings is 1. The van der Waals surface area contributed by atoms with E-state index in [-0.39, 0.29) is 5.41 Å². The molecule has 2 rings (SSSR count). The molecule has 1 aliphatic rings. The van der Waals surface area contributed by atoms with E-state index in [2.05, 4.69) is 42.5 Å². The van der Waals surface area contributed by atoms with Crippen LogP contribution in [0, 0.1) is 0 Å². The predicted molar refractivity (Wildman–Crippen MR) is 59.9 cm³/mol. The average molecular weight is 191 g/mol. The third-order valence-electron chi connectivity index (χ3n) is 2.49. The van der Waals surface area contributed by atoms with Gasteiger partial charge in [-0.25, -0.2) is 4.98 Å². The molecule has 2 heterocycles. The first-order chi connectivity index (χ1) is 6.57. The minimum atomic E-state index is 0.168. The molecule has 0 amide bonds. The molecule has 0 aromatic carbocycles. The fourth-order valence-electron chi connectivity index (χ4n) is 1.53. The standard InChI is InChI=1S/C11H17N3/c1-11(2,3)8-6-9-10(14-7-8)13-5-4-12-9/h6-7,12H,4-5H2,1-3H3,(H,13,14). The maximum atomic E-state index is 4.41. The van der Waals surface area contributed by atoms with Crippen molar-refractivity contribution in [1.82, 2.24) is 4.98 Å². The Morgan fingerprint density at radius 1 is 1.21 bits per heavy atom. The zero-order valence-electron chi connectivity index (χ0n) is 9.02. The normalized spacial score (nSPS) is 15.4. The molecule has 0 saturated heterocycles. The average Bonchev–Trinajstić information content (AvgIpc) is 2.16. The Morgan fingerprint density at radius 3 is 2.64 bits per heavy atom. The summed E-state index contributed by atoms with van der Waals surface area (Å²) in [6, 6.07) is 2.19. The van der Waals surface area contributed by atoms with Gasteiger partial charge in [0.15, 0.2) is 0 Å². The van der Waals surface area contributed by atoms with Gasteiger partial charge < -0.3 is 10.6 Å². The second-order valence-electron chi connectivity index (χ2n) is 4.72. The van der Waals surface area contributed by atoms with Crippen molar-refractivity contribution >= 4 is 11.5 Å². The van der Waals surface area contributed by atoms with Crippen molar-refractivity contribution in [1.29, 1.82) is 0 Å². The van der Waals surface area contributed by atoms with E-state index in [9.17, 15) is 0 Å². The molecule has 2 N–H and O–H groups in total. The number of hydrogen-bond acceptors (Lipinski definition) is 3. The van der Waals surface area contributed by atoms with E-state index in [1.165, 1.54) is 5.56 Å². The Kier molecular flexibility index (Phi) is 2.10. The van der Waals surface area contributed by atoms with E-state index >= 15 is 0 Å². The quantitative estimate of drug-likeness (QED) is 0.660. The van der Waals surface area contributed by atoms with Crippen LogP contribution in [0.3, 0.4) is 0 Å². The van der Waals surface area contributed by atoms with E-state index < -0.39 is 0 Å². The number of anilines is 2. The molecular weight excluding hydrogens is 174 g/mol. The van der Waals surface area contributed by atoms with E-state index in [1.54, 1.807) is 0 Å². The first-order valence-electron chi connectivity index (χ1n) is 5.05. The third-order valence-corrected chi connectivity index (χ3v) is 2.49. The van der Waals surface area contributed by atoms with Gasteiger partial charge in [-0.15, -0.1) is 0 Å². The lowest BCUT2D eigenvalue weighted by Crippen LogP contribution is -2.22. The summed E-state index contributed by atoms with van der Waals surface area (Å²) >= 11 is 0. The molecule has 0 bridgehead atoms. The third kappa shape index (κ3) is 1.67. The maximum absolute atomic E-state index is 4.41. The van der Waals surface area contributed by atoms with Crippen molar-refractivity contribution in [3.05, 3.63) is 17.8 Å². The number of nitrogens with zero attached hydrogens (tertiary/aromatic N) is 1. The Balaban J connectivity index is 2.39. The van der Waals surface area contributed by atoms with Crippen molar-refractivity contribution in [2.45, 2.75) is 26.2 Å². The fraction of sp³-hybridized carbons (Fsp3) is 0.545. The lowest BCUT2D eigenvalue weighted by atomic mass is 9.88. The molecule has 0 atom stereocenters. The molecule has 1 aromatic rings. The van der Waals surface area contributed by atoms with Gasteiger partial charge in [0, 0.05) is 19.3 Å². The first kappa shape index (κ1) is 9.31. The summed E-state index contributed by atoms with van der Waals surface area (Å²) < 4.78 is 0. The van der Waals surface area contributed by atoms with Gasteiger partial charge >= 0.3 is 0 Å². The van der Waals surface area contributed by atoms with Crippen LogP contribution in [-0.4, -0.2) is 18.1 Å². The fourth-order valence-corrected chi connectivity index (χ4v) is 1.53. The van der Waals surface area contributed by atoms with Crippen molar-refractivity contribution in [2.24, 2.45) is 0 Å². The van der Waals surface area contributed by atoms with E-state index in [4.69, 9.17) is 0 Å². The van der Waals surface area contributed by atoms with Crippen LogP contribution in [-0.2, 0) is 5.41 Å². The molecular formula is C11H17N3. The summed E-state index contributed by atoms with van der Waals surface area (Å²) in [4.78, 5) is 4.41. The molecule has 0 spiro atoms. The van der Waals surface area contributed by atoms with Crippen LogP contribution in [0.15, 0.2) is 12.3 Å². The van der Waals surface area contributed by atoms with E-state index in [1.807, 2.05) is 6.20 Å². The minimum Gasteiger partial charge on any atom is -0.380 e. The highest BCUT2D eigenvalue weighted by Gasteiger charge is 2.17. The molecule has 0 fully saturated rings. The molecule has 1 aromatic heterocycles. The smallest absolute Gasteiger partial charge is 0.149 e. The van der Waals surface area contributed by atoms with Crippen LogP contribution in [0.4, 0.5) is 11.5 Å². The summed E-state index contributed by atoms with van der Waals surface area (Å²) in [7, 11) is 0. The highest BCUT2D eigenvalue weighted by Crippen LogP contribution is 2.28. The van der Waals surface area contributed by atoms with E-state index in [0.29, 0.717) is 0 Å². The summed E-state index contributed by atoms with van der Waals surface area (Å²) in [6.45, 7) is 8.53. The van der Waals surface area contributed by atoms with Crippen molar-refractivity contribution < 1.29 is 0 Å². The molecule has 0 unspecified atom stereocenters. The van der Waals surface area contributed by atoms with E-state index in [0.717, 1.165) is 24.6 Å². The molecule has 3 nitrogen and oxygen atoms in total. The predicted octanol–water partition coefficient (Wildman–Crippen LogP) is 2.22. The van der Waals surface area contributed by atoms with Crippen molar-refractivity contribution in [3.63, 3.8) is 0 Å². The van der Waals surface area contributed by atoms with Gasteiger partial charge in [0.05, 0.1) is 5.69 Å². The van der Waals surface area contributed by atoms with Gasteiger partial charge in [-0.1, -0.05) is 20.8 Å². The molecule has 76 valence electrons. The van der Waals surface area contributed by atoms with Crippen molar-refractivity contribution in [3.8, 4) is 0 Å². The number of aromatic nitrogens is 1. The zero-order chi connectivity index (χ0) is 10.2. The van der Waals surface area contributed by atoms with Crippen LogP contribution >= 0.6 is 0 Å². The highest BCUT2D eigenvalue weighted by atomic mass is 15.1. The van der Waals surface area contributed by atoms with Gasteiger partial charge in [0.25, 0.3) is 0 Å². The largest absolute Gasteiger partial charge is 0.380 e. The minimum absolute atomic E-state index is 0.168. The Hall–Kier alpha value is -1.25. The Morgan fingerprint density at radius 2 is 1.93 bits per heavy atom. The zero-order valence-corrected chi connectivity index (χ0v) is 9.02. The second kappa shape index (κ2) is 3.15. The summed E-state index contributed by atoms with van der Waals surface area (Å²) in [6.07, 6.45) is 1.96. The Bertz CT molecular complexity index is 339. The number of fused-ring (bicyclic) bond motifs is 1. The molecule has 0 radical (unpaired) electrons. The molecule has 0 saturated carbocycles. The topological polar surface area (TPSA) is 37.0 Å². The summed E-state index contributed by atoms with van der Waals surface area (Å²) in [5.74, 6) is 0.976.